The summed E-state index contributed by atoms with van der Waals surface area (Å²) >= 11 is 1.37. The number of benzene rings is 3. The van der Waals surface area contributed by atoms with Gasteiger partial charge in [0.05, 0.1) is 24.9 Å². The first-order valence-electron chi connectivity index (χ1n) is 12.0. The fourth-order valence-corrected chi connectivity index (χ4v) is 6.41. The molecule has 0 bridgehead atoms. The van der Waals surface area contributed by atoms with E-state index in [0.717, 1.165) is 23.3 Å². The summed E-state index contributed by atoms with van der Waals surface area (Å²) in [4.78, 5) is 29.4. The maximum absolute atomic E-state index is 14.1. The molecule has 2 aliphatic heterocycles. The van der Waals surface area contributed by atoms with Crippen molar-refractivity contribution in [3.05, 3.63) is 94.5 Å². The molecule has 2 heterocycles. The lowest BCUT2D eigenvalue weighted by Gasteiger charge is -2.33. The molecule has 1 N–H and O–H groups in total. The molecule has 0 unspecified atom stereocenters. The van der Waals surface area contributed by atoms with E-state index in [0.29, 0.717) is 41.4 Å². The number of urea groups is 1. The Hall–Kier alpha value is -3.66. The number of alkyl halides is 3. The molecule has 6 nitrogen and oxygen atoms in total. The number of carbonyl (C=O) groups is 2. The van der Waals surface area contributed by atoms with Gasteiger partial charge in [0.1, 0.15) is 5.75 Å². The normalized spacial score (nSPS) is 18.7. The first-order chi connectivity index (χ1) is 18.1. The van der Waals surface area contributed by atoms with E-state index in [1.807, 2.05) is 31.2 Å². The van der Waals surface area contributed by atoms with Crippen molar-refractivity contribution in [1.29, 1.82) is 0 Å². The van der Waals surface area contributed by atoms with Crippen LogP contribution < -0.4 is 15.0 Å². The van der Waals surface area contributed by atoms with Crippen LogP contribution in [0.15, 0.2) is 66.7 Å². The van der Waals surface area contributed by atoms with Gasteiger partial charge in [-0.25, -0.2) is 4.79 Å². The van der Waals surface area contributed by atoms with Crippen molar-refractivity contribution < 1.29 is 27.5 Å². The number of hydrogen-bond acceptors (Lipinski definition) is 4. The summed E-state index contributed by atoms with van der Waals surface area (Å²) < 4.78 is 44.6. The molecule has 1 spiro atoms. The topological polar surface area (TPSA) is 61.9 Å². The van der Waals surface area contributed by atoms with Gasteiger partial charge in [-0.15, -0.1) is 11.8 Å². The molecule has 0 aromatic heterocycles. The number of nitrogens with zero attached hydrogens (tertiary/aromatic N) is 2. The van der Waals surface area contributed by atoms with Crippen molar-refractivity contribution in [2.75, 3.05) is 24.3 Å². The van der Waals surface area contributed by atoms with Crippen molar-refractivity contribution in [1.82, 2.24) is 10.2 Å². The second-order valence-electron chi connectivity index (χ2n) is 9.26. The smallest absolute Gasteiger partial charge is 0.416 e. The van der Waals surface area contributed by atoms with Gasteiger partial charge in [-0.3, -0.25) is 9.69 Å². The predicted octanol–water partition coefficient (Wildman–Crippen LogP) is 5.68. The summed E-state index contributed by atoms with van der Waals surface area (Å²) in [5.41, 5.74) is 3.05. The van der Waals surface area contributed by atoms with Crippen molar-refractivity contribution in [3.63, 3.8) is 0 Å². The van der Waals surface area contributed by atoms with Gasteiger partial charge in [0.25, 0.3) is 5.91 Å². The summed E-state index contributed by atoms with van der Waals surface area (Å²) in [5, 5.41) is 2.95. The zero-order valence-electron chi connectivity index (χ0n) is 20.8. The van der Waals surface area contributed by atoms with Gasteiger partial charge < -0.3 is 15.0 Å². The molecule has 0 saturated carbocycles. The Morgan fingerprint density at radius 2 is 1.84 bits per heavy atom. The molecular weight excluding hydrogens is 515 g/mol. The van der Waals surface area contributed by atoms with Crippen LogP contribution in [-0.4, -0.2) is 36.2 Å². The second kappa shape index (κ2) is 9.90. The number of methoxy groups -OCH3 is 1. The highest BCUT2D eigenvalue weighted by Gasteiger charge is 2.59. The Bertz CT molecular complexity index is 1380. The Labute approximate surface area is 222 Å². The molecule has 10 heteroatoms. The average Bonchev–Trinajstić information content (AvgIpc) is 3.44. The van der Waals surface area contributed by atoms with Gasteiger partial charge in [0.15, 0.2) is 4.87 Å². The zero-order valence-corrected chi connectivity index (χ0v) is 21.7. The maximum Gasteiger partial charge on any atom is 0.416 e. The van der Waals surface area contributed by atoms with E-state index in [2.05, 4.69) is 5.32 Å². The summed E-state index contributed by atoms with van der Waals surface area (Å²) in [6.45, 7) is 2.72. The highest BCUT2D eigenvalue weighted by molar-refractivity contribution is 8.01. The van der Waals surface area contributed by atoms with Crippen LogP contribution in [0.25, 0.3) is 0 Å². The fraction of sp³-hybridized carbons (Fsp3) is 0.286. The molecule has 3 aromatic rings. The Morgan fingerprint density at radius 3 is 2.53 bits per heavy atom. The van der Waals surface area contributed by atoms with E-state index in [4.69, 9.17) is 4.74 Å². The Kier molecular flexibility index (Phi) is 6.77. The molecule has 1 atom stereocenters. The van der Waals surface area contributed by atoms with Gasteiger partial charge in [0.2, 0.25) is 0 Å². The van der Waals surface area contributed by atoms with Crippen LogP contribution in [0.4, 0.5) is 23.7 Å². The lowest BCUT2D eigenvalue weighted by molar-refractivity contribution is -0.137. The molecule has 5 rings (SSSR count). The highest BCUT2D eigenvalue weighted by Crippen LogP contribution is 2.55. The van der Waals surface area contributed by atoms with Crippen molar-refractivity contribution >= 4 is 29.4 Å². The minimum atomic E-state index is -4.44. The molecule has 1 saturated heterocycles. The van der Waals surface area contributed by atoms with Gasteiger partial charge >= 0.3 is 12.2 Å². The zero-order chi connectivity index (χ0) is 27.1. The Balaban J connectivity index is 1.46. The second-order valence-corrected chi connectivity index (χ2v) is 10.5. The minimum Gasteiger partial charge on any atom is -0.497 e. The first-order valence-corrected chi connectivity index (χ1v) is 13.0. The Morgan fingerprint density at radius 1 is 1.08 bits per heavy atom. The van der Waals surface area contributed by atoms with Crippen molar-refractivity contribution in [2.24, 2.45) is 0 Å². The standard InChI is InChI=1S/C28H26F3N3O3S/c1-18-4-3-5-20(14-18)16-32-26(36)34-12-13-38-27(34)23-15-22(37-2)10-11-24(23)33(25(27)35)17-19-6-8-21(9-7-19)28(29,30)31/h3-11,14-15H,12-13,16-17H2,1-2H3,(H,32,36)/t27-/m0/s1. The van der Waals surface area contributed by atoms with Crippen LogP contribution in [0.5, 0.6) is 5.75 Å². The number of ether oxygens (including phenoxy) is 1. The van der Waals surface area contributed by atoms with Crippen molar-refractivity contribution in [2.45, 2.75) is 31.1 Å². The van der Waals surface area contributed by atoms with E-state index >= 15 is 0 Å². The minimum absolute atomic E-state index is 0.0668. The van der Waals surface area contributed by atoms with Crippen molar-refractivity contribution in [3.8, 4) is 5.75 Å². The number of rotatable bonds is 5. The molecule has 2 aliphatic rings. The van der Waals surface area contributed by atoms with Crippen LogP contribution in [0.1, 0.15) is 27.8 Å². The van der Waals surface area contributed by atoms with Gasteiger partial charge in [0, 0.05) is 24.4 Å². The van der Waals surface area contributed by atoms with Crippen LogP contribution in [0.2, 0.25) is 0 Å². The van der Waals surface area contributed by atoms with Gasteiger partial charge in [-0.05, 0) is 48.4 Å². The van der Waals surface area contributed by atoms with E-state index in [1.165, 1.54) is 35.9 Å². The third-order valence-electron chi connectivity index (χ3n) is 6.79. The quantitative estimate of drug-likeness (QED) is 0.452. The molecule has 198 valence electrons. The number of carbonyl (C=O) groups excluding carboxylic acids is 2. The number of amides is 3. The van der Waals surface area contributed by atoms with Crippen LogP contribution in [0, 0.1) is 6.92 Å². The van der Waals surface area contributed by atoms with Gasteiger partial charge in [-0.1, -0.05) is 42.0 Å². The average molecular weight is 542 g/mol. The lowest BCUT2D eigenvalue weighted by atomic mass is 10.1. The third kappa shape index (κ3) is 4.57. The van der Waals surface area contributed by atoms with E-state index in [1.54, 1.807) is 23.1 Å². The maximum atomic E-state index is 14.1. The van der Waals surface area contributed by atoms with Crippen LogP contribution in [0.3, 0.4) is 0 Å². The molecule has 1 fully saturated rings. The number of thioether (sulfide) groups is 1. The molecule has 0 radical (unpaired) electrons. The van der Waals surface area contributed by atoms with E-state index < -0.39 is 16.6 Å². The number of anilines is 1. The van der Waals surface area contributed by atoms with Crippen LogP contribution >= 0.6 is 11.8 Å². The fourth-order valence-electron chi connectivity index (χ4n) is 4.96. The molecule has 38 heavy (non-hydrogen) atoms. The molecule has 0 aliphatic carbocycles. The summed E-state index contributed by atoms with van der Waals surface area (Å²) in [6, 6.07) is 17.5. The lowest BCUT2D eigenvalue weighted by Crippen LogP contribution is -2.53. The molecule has 3 amide bonds. The highest BCUT2D eigenvalue weighted by atomic mass is 32.2. The van der Waals surface area contributed by atoms with E-state index in [9.17, 15) is 22.8 Å². The molecule has 3 aromatic carbocycles. The number of nitrogens with one attached hydrogen (secondary N) is 1. The predicted molar refractivity (Wildman–Crippen MR) is 140 cm³/mol. The number of aryl methyl sites for hydroxylation is 1. The third-order valence-corrected chi connectivity index (χ3v) is 8.21. The monoisotopic (exact) mass is 541 g/mol. The number of fused-ring (bicyclic) bond motifs is 2. The van der Waals surface area contributed by atoms with Crippen LogP contribution in [-0.2, 0) is 28.9 Å². The summed E-state index contributed by atoms with van der Waals surface area (Å²) in [6.07, 6.45) is -4.44. The first kappa shape index (κ1) is 26.0. The SMILES string of the molecule is COc1ccc2c(c1)[C@]1(SCCN1C(=O)NCc1cccc(C)c1)C(=O)N2Cc1ccc(C(F)(F)F)cc1. The van der Waals surface area contributed by atoms with Gasteiger partial charge in [-0.2, -0.15) is 13.2 Å². The molecular formula is C28H26F3N3O3S. The largest absolute Gasteiger partial charge is 0.497 e. The van der Waals surface area contributed by atoms with E-state index in [-0.39, 0.29) is 18.5 Å². The summed E-state index contributed by atoms with van der Waals surface area (Å²) in [7, 11) is 1.53. The summed E-state index contributed by atoms with van der Waals surface area (Å²) in [5.74, 6) is 0.780. The number of halogens is 3. The number of hydrogen-bond donors (Lipinski definition) is 1.